The van der Waals surface area contributed by atoms with E-state index in [0.717, 1.165) is 94.4 Å². The van der Waals surface area contributed by atoms with Crippen LogP contribution in [0.25, 0.3) is 100 Å². The largest absolute Gasteiger partial charge is 0.507 e. The van der Waals surface area contributed by atoms with Gasteiger partial charge in [0.1, 0.15) is 17.4 Å². The van der Waals surface area contributed by atoms with Crippen LogP contribution in [0.5, 0.6) is 5.75 Å². The first-order chi connectivity index (χ1) is 38.7. The number of hydrogen-bond acceptors (Lipinski definition) is 3. The predicted octanol–water partition coefficient (Wildman–Crippen LogP) is 20.2. The molecule has 0 fully saturated rings. The molecule has 0 radical (unpaired) electrons. The Balaban J connectivity index is 0.00000769. The van der Waals surface area contributed by atoms with Crippen LogP contribution in [0.2, 0.25) is 19.6 Å². The van der Waals surface area contributed by atoms with Gasteiger partial charge >= 0.3 is 0 Å². The zero-order valence-electron chi connectivity index (χ0n) is 51.2. The quantitative estimate of drug-likeness (QED) is 0.110. The number of aromatic hydroxyl groups is 1. The maximum atomic E-state index is 15.8. The molecule has 0 aliphatic rings. The molecule has 0 aliphatic carbocycles. The number of rotatable bonds is 10. The van der Waals surface area contributed by atoms with Crippen LogP contribution >= 0.6 is 0 Å². The van der Waals surface area contributed by atoms with Crippen molar-refractivity contribution in [3.8, 4) is 73.2 Å². The van der Waals surface area contributed by atoms with Crippen LogP contribution in [-0.4, -0.2) is 32.3 Å². The molecule has 0 aliphatic heterocycles. The number of nitrogens with zero attached hydrogens (tertiary/aromatic N) is 4. The molecule has 0 spiro atoms. The maximum absolute atomic E-state index is 15.8. The van der Waals surface area contributed by atoms with Gasteiger partial charge in [-0.25, -0.2) is 9.37 Å². The van der Waals surface area contributed by atoms with Crippen molar-refractivity contribution >= 4 is 46.1 Å². The van der Waals surface area contributed by atoms with Gasteiger partial charge in [0.25, 0.3) is 0 Å². The zero-order chi connectivity index (χ0) is 58.5. The molecule has 8 heteroatoms. The summed E-state index contributed by atoms with van der Waals surface area (Å²) in [6.07, 6.45) is 1.87. The molecule has 0 unspecified atom stereocenters. The van der Waals surface area contributed by atoms with Crippen LogP contribution in [0, 0.1) is 11.9 Å². The van der Waals surface area contributed by atoms with Crippen LogP contribution in [-0.2, 0) is 37.3 Å². The Morgan fingerprint density at radius 2 is 1.19 bits per heavy atom. The average molecular weight is 1290 g/mol. The van der Waals surface area contributed by atoms with E-state index in [1.54, 1.807) is 12.1 Å². The monoisotopic (exact) mass is 1290 g/mol. The normalized spacial score (nSPS) is 12.6. The minimum Gasteiger partial charge on any atom is -0.507 e. The molecule has 0 bridgehead atoms. The van der Waals surface area contributed by atoms with Gasteiger partial charge in [-0.15, -0.1) is 29.3 Å². The third-order valence-corrected chi connectivity index (χ3v) is 18.6. The number of phenolic OH excluding ortho intramolecular Hbond substituents is 1. The number of halogens is 1. The summed E-state index contributed by atoms with van der Waals surface area (Å²) in [6.45, 7) is 36.1. The van der Waals surface area contributed by atoms with E-state index in [1.165, 1.54) is 27.4 Å². The second-order valence-corrected chi connectivity index (χ2v) is 32.5. The van der Waals surface area contributed by atoms with Gasteiger partial charge in [-0.05, 0) is 116 Å². The van der Waals surface area contributed by atoms with E-state index in [2.05, 4.69) is 258 Å². The summed E-state index contributed by atoms with van der Waals surface area (Å²) in [5, 5.41) is 15.7. The van der Waals surface area contributed by atoms with Crippen LogP contribution < -0.4 is 5.19 Å². The van der Waals surface area contributed by atoms with Crippen LogP contribution in [0.15, 0.2) is 164 Å². The van der Waals surface area contributed by atoms with Crippen molar-refractivity contribution in [3.63, 3.8) is 0 Å². The van der Waals surface area contributed by atoms with E-state index in [-0.39, 0.29) is 48.9 Å². The molecular formula is C75H78FN4OPtSi-. The fourth-order valence-corrected chi connectivity index (χ4v) is 13.1. The second-order valence-electron chi connectivity index (χ2n) is 27.4. The first-order valence-corrected chi connectivity index (χ1v) is 32.7. The molecule has 11 aromatic rings. The SMILES string of the molecule is CC(C)c1cccc(C(C)C)c1-c1ccc(-n2c3ccc(F)cc3c3c(-c4[c-]c(-c5cccc6c5nc(-c5cc(C(C)(C)C)cc(C(C)(C)C)c5O)n6-c5ccc([Si](C)(C)C)cc5-c5ccccc5)cc(C(C)(C)C)c4)nccc32)cc1.[Pt]. The number of para-hydroxylation sites is 1. The van der Waals surface area contributed by atoms with E-state index in [9.17, 15) is 5.11 Å². The van der Waals surface area contributed by atoms with Crippen molar-refractivity contribution in [1.29, 1.82) is 0 Å². The Kier molecular flexibility index (Phi) is 15.5. The van der Waals surface area contributed by atoms with Gasteiger partial charge in [-0.3, -0.25) is 9.55 Å². The third-order valence-electron chi connectivity index (χ3n) is 16.6. The molecule has 5 nitrogen and oxygen atoms in total. The van der Waals surface area contributed by atoms with Crippen LogP contribution in [0.3, 0.4) is 0 Å². The number of phenols is 1. The van der Waals surface area contributed by atoms with Gasteiger partial charge in [0.05, 0.1) is 41.4 Å². The second kappa shape index (κ2) is 21.8. The van der Waals surface area contributed by atoms with E-state index in [0.29, 0.717) is 23.2 Å². The number of imidazole rings is 1. The van der Waals surface area contributed by atoms with E-state index in [1.807, 2.05) is 18.3 Å². The maximum Gasteiger partial charge on any atom is 0.148 e. The molecule has 8 aromatic carbocycles. The standard InChI is InChI=1S/C75H78FN4OSi.Pt/c1-45(2)56-24-20-25-57(46(3)4)67(56)48-28-31-54(32-29-48)79-64-34-30-53(76)43-60(64)68-65(79)36-37-77-69(68)50-38-49(39-51(40-50)73(5,6)7)58-26-21-27-66-70(58)78-72(61-41-52(74(8,9)10)42-62(71(61)81)75(11,12)13)80(66)63-35-33-55(82(14,15)16)44-59(63)47-22-18-17-19-23-47;/h17-37,39-46,81H,1-16H3;/q-1;. The minimum atomic E-state index is -1.78. The summed E-state index contributed by atoms with van der Waals surface area (Å²) in [6, 6.07) is 59.5. The molecule has 0 saturated carbocycles. The summed E-state index contributed by atoms with van der Waals surface area (Å²) in [4.78, 5) is 11.0. The number of aromatic nitrogens is 4. The molecule has 11 rings (SSSR count). The van der Waals surface area contributed by atoms with Gasteiger partial charge in [-0.1, -0.05) is 217 Å². The molecule has 1 N–H and O–H groups in total. The number of fused-ring (bicyclic) bond motifs is 4. The number of hydrogen-bond donors (Lipinski definition) is 1. The number of pyridine rings is 1. The molecule has 0 amide bonds. The van der Waals surface area contributed by atoms with Gasteiger partial charge < -0.3 is 9.67 Å². The summed E-state index contributed by atoms with van der Waals surface area (Å²) in [7, 11) is -1.78. The molecule has 83 heavy (non-hydrogen) atoms. The Morgan fingerprint density at radius 1 is 0.554 bits per heavy atom. The molecule has 0 atom stereocenters. The summed E-state index contributed by atoms with van der Waals surface area (Å²) in [5.41, 5.74) is 18.9. The van der Waals surface area contributed by atoms with Crippen molar-refractivity contribution in [1.82, 2.24) is 19.1 Å². The summed E-state index contributed by atoms with van der Waals surface area (Å²) in [5.74, 6) is 1.29. The molecule has 3 aromatic heterocycles. The first kappa shape index (κ1) is 59.0. The molecule has 3 heterocycles. The molecule has 426 valence electrons. The first-order valence-electron chi connectivity index (χ1n) is 29.2. The Bertz CT molecular complexity index is 4250. The summed E-state index contributed by atoms with van der Waals surface area (Å²) < 4.78 is 20.3. The van der Waals surface area contributed by atoms with Gasteiger partial charge in [-0.2, -0.15) is 0 Å². The van der Waals surface area contributed by atoms with Crippen molar-refractivity contribution in [2.24, 2.45) is 0 Å². The van der Waals surface area contributed by atoms with E-state index >= 15 is 4.39 Å². The van der Waals surface area contributed by atoms with Gasteiger partial charge in [0.15, 0.2) is 0 Å². The third kappa shape index (κ3) is 10.9. The van der Waals surface area contributed by atoms with Crippen molar-refractivity contribution in [2.45, 2.75) is 138 Å². The zero-order valence-corrected chi connectivity index (χ0v) is 54.4. The predicted molar refractivity (Wildman–Crippen MR) is 348 cm³/mol. The topological polar surface area (TPSA) is 55.9 Å². The van der Waals surface area contributed by atoms with Crippen LogP contribution in [0.1, 0.15) is 130 Å². The van der Waals surface area contributed by atoms with Crippen molar-refractivity contribution in [3.05, 3.63) is 204 Å². The molecular weight excluding hydrogens is 1220 g/mol. The average Bonchev–Trinajstić information content (AvgIpc) is 4.10. The molecule has 0 saturated heterocycles. The minimum absolute atomic E-state index is 0. The van der Waals surface area contributed by atoms with Crippen molar-refractivity contribution in [2.75, 3.05) is 0 Å². The van der Waals surface area contributed by atoms with Crippen molar-refractivity contribution < 1.29 is 30.6 Å². The number of benzene rings is 8. The fraction of sp³-hybridized carbons (Fsp3) is 0.280. The van der Waals surface area contributed by atoms with Gasteiger partial charge in [0, 0.05) is 60.5 Å². The Morgan fingerprint density at radius 3 is 1.82 bits per heavy atom. The van der Waals surface area contributed by atoms with Gasteiger partial charge in [0.2, 0.25) is 0 Å². The Labute approximate surface area is 507 Å². The van der Waals surface area contributed by atoms with E-state index in [4.69, 9.17) is 9.97 Å². The summed E-state index contributed by atoms with van der Waals surface area (Å²) >= 11 is 0. The fourth-order valence-electron chi connectivity index (χ4n) is 12.0. The van der Waals surface area contributed by atoms with Crippen LogP contribution in [0.4, 0.5) is 4.39 Å². The van der Waals surface area contributed by atoms with E-state index < -0.39 is 8.07 Å². The Hall–Kier alpha value is -7.18. The smallest absolute Gasteiger partial charge is 0.148 e.